The van der Waals surface area contributed by atoms with Crippen LogP contribution in [0.1, 0.15) is 38.4 Å². The molecule has 1 aliphatic heterocycles. The second-order valence-electron chi connectivity index (χ2n) is 6.37. The average molecular weight is 343 g/mol. The van der Waals surface area contributed by atoms with Crippen LogP contribution in [0.5, 0.6) is 0 Å². The molecule has 0 bridgehead atoms. The van der Waals surface area contributed by atoms with Gasteiger partial charge >= 0.3 is 6.03 Å². The minimum atomic E-state index is -0.535. The number of carbonyl (C=O) groups excluding carboxylic acids is 2. The molecule has 8 nitrogen and oxygen atoms in total. The molecular formula is C17H21N5O3. The number of hydrogen-bond donors (Lipinski definition) is 2. The Morgan fingerprint density at radius 1 is 1.32 bits per heavy atom. The van der Waals surface area contributed by atoms with E-state index in [9.17, 15) is 9.59 Å². The maximum Gasteiger partial charge on any atom is 0.322 e. The lowest BCUT2D eigenvalue weighted by Crippen LogP contribution is -2.45. The van der Waals surface area contributed by atoms with Crippen LogP contribution in [0.25, 0.3) is 11.5 Å². The minimum Gasteiger partial charge on any atom is -0.368 e. The molecule has 0 saturated carbocycles. The third kappa shape index (κ3) is 3.62. The van der Waals surface area contributed by atoms with Crippen LogP contribution < -0.4 is 11.1 Å². The lowest BCUT2D eigenvalue weighted by molar-refractivity contribution is -0.121. The first-order valence-corrected chi connectivity index (χ1v) is 8.26. The molecule has 1 aromatic carbocycles. The molecule has 1 fully saturated rings. The number of nitrogens with one attached hydrogen (secondary N) is 1. The van der Waals surface area contributed by atoms with Gasteiger partial charge in [0.05, 0.1) is 0 Å². The summed E-state index contributed by atoms with van der Waals surface area (Å²) in [6.07, 6.45) is 1.38. The lowest BCUT2D eigenvalue weighted by Gasteiger charge is -2.22. The van der Waals surface area contributed by atoms with Gasteiger partial charge in [-0.05, 0) is 37.1 Å². The highest BCUT2D eigenvalue weighted by atomic mass is 16.5. The van der Waals surface area contributed by atoms with Crippen LogP contribution in [0.4, 0.5) is 10.5 Å². The summed E-state index contributed by atoms with van der Waals surface area (Å²) in [6.45, 7) is 4.51. The van der Waals surface area contributed by atoms with Gasteiger partial charge in [-0.2, -0.15) is 4.98 Å². The summed E-state index contributed by atoms with van der Waals surface area (Å²) in [4.78, 5) is 29.5. The molecule has 0 aliphatic carbocycles. The third-order valence-electron chi connectivity index (χ3n) is 4.18. The number of carbonyl (C=O) groups is 2. The summed E-state index contributed by atoms with van der Waals surface area (Å²) in [7, 11) is 0. The van der Waals surface area contributed by atoms with Crippen molar-refractivity contribution in [1.82, 2.24) is 15.0 Å². The molecule has 3 rings (SSSR count). The van der Waals surface area contributed by atoms with Gasteiger partial charge in [0, 0.05) is 23.7 Å². The summed E-state index contributed by atoms with van der Waals surface area (Å²) in [5, 5.41) is 6.72. The van der Waals surface area contributed by atoms with Crippen molar-refractivity contribution in [1.29, 1.82) is 0 Å². The van der Waals surface area contributed by atoms with Crippen LogP contribution in [0.15, 0.2) is 28.8 Å². The highest BCUT2D eigenvalue weighted by molar-refractivity contribution is 5.93. The molecule has 132 valence electrons. The summed E-state index contributed by atoms with van der Waals surface area (Å²) in [5.41, 5.74) is 6.73. The lowest BCUT2D eigenvalue weighted by atomic mass is 10.2. The number of likely N-dealkylation sites (tertiary alicyclic amines) is 1. The Morgan fingerprint density at radius 2 is 2.04 bits per heavy atom. The normalized spacial score (nSPS) is 17.1. The molecule has 1 saturated heterocycles. The van der Waals surface area contributed by atoms with Crippen molar-refractivity contribution in [3.8, 4) is 11.5 Å². The van der Waals surface area contributed by atoms with Crippen molar-refractivity contribution >= 4 is 17.6 Å². The van der Waals surface area contributed by atoms with E-state index in [4.69, 9.17) is 10.3 Å². The number of urea groups is 1. The molecule has 1 aromatic heterocycles. The van der Waals surface area contributed by atoms with Crippen LogP contribution in [0, 0.1) is 0 Å². The fourth-order valence-corrected chi connectivity index (χ4v) is 2.78. The first-order valence-electron chi connectivity index (χ1n) is 8.26. The molecule has 0 spiro atoms. The Hall–Kier alpha value is -2.90. The number of hydrogen-bond acceptors (Lipinski definition) is 5. The van der Waals surface area contributed by atoms with Gasteiger partial charge in [0.1, 0.15) is 6.04 Å². The van der Waals surface area contributed by atoms with Crippen LogP contribution >= 0.6 is 0 Å². The molecule has 1 unspecified atom stereocenters. The van der Waals surface area contributed by atoms with Crippen molar-refractivity contribution in [2.75, 3.05) is 11.9 Å². The van der Waals surface area contributed by atoms with Gasteiger partial charge in [-0.15, -0.1) is 0 Å². The SMILES string of the molecule is CC(C)c1noc(-c2ccc(NC(=O)N3CCCC3C(N)=O)cc2)n1. The summed E-state index contributed by atoms with van der Waals surface area (Å²) < 4.78 is 5.25. The van der Waals surface area contributed by atoms with Gasteiger partial charge in [-0.1, -0.05) is 19.0 Å². The smallest absolute Gasteiger partial charge is 0.322 e. The number of anilines is 1. The minimum absolute atomic E-state index is 0.190. The number of nitrogens with two attached hydrogens (primary N) is 1. The first kappa shape index (κ1) is 16.9. The average Bonchev–Trinajstić information content (AvgIpc) is 3.25. The molecule has 0 radical (unpaired) electrons. The zero-order chi connectivity index (χ0) is 18.0. The summed E-state index contributed by atoms with van der Waals surface area (Å²) in [5.74, 6) is 0.809. The Balaban J connectivity index is 1.68. The molecule has 2 heterocycles. The second-order valence-corrected chi connectivity index (χ2v) is 6.37. The number of nitrogens with zero attached hydrogens (tertiary/aromatic N) is 3. The van der Waals surface area contributed by atoms with E-state index in [1.54, 1.807) is 24.3 Å². The fraction of sp³-hybridized carbons (Fsp3) is 0.412. The van der Waals surface area contributed by atoms with Crippen LogP contribution in [0.2, 0.25) is 0 Å². The van der Waals surface area contributed by atoms with Crippen LogP contribution in [-0.2, 0) is 4.79 Å². The van der Waals surface area contributed by atoms with Crippen molar-refractivity contribution < 1.29 is 14.1 Å². The fourth-order valence-electron chi connectivity index (χ4n) is 2.78. The van der Waals surface area contributed by atoms with Crippen LogP contribution in [0.3, 0.4) is 0 Å². The van der Waals surface area contributed by atoms with E-state index < -0.39 is 11.9 Å². The maximum atomic E-state index is 12.3. The highest BCUT2D eigenvalue weighted by Gasteiger charge is 2.32. The van der Waals surface area contributed by atoms with Gasteiger partial charge in [0.25, 0.3) is 5.89 Å². The molecule has 3 N–H and O–H groups in total. The zero-order valence-corrected chi connectivity index (χ0v) is 14.2. The number of rotatable bonds is 4. The Kier molecular flexibility index (Phi) is 4.69. The molecule has 25 heavy (non-hydrogen) atoms. The number of aromatic nitrogens is 2. The van der Waals surface area contributed by atoms with Gasteiger partial charge in [0.2, 0.25) is 5.91 Å². The van der Waals surface area contributed by atoms with Gasteiger partial charge in [0.15, 0.2) is 5.82 Å². The van der Waals surface area contributed by atoms with E-state index in [0.717, 1.165) is 12.0 Å². The predicted octanol–water partition coefficient (Wildman–Crippen LogP) is 2.34. The van der Waals surface area contributed by atoms with E-state index >= 15 is 0 Å². The zero-order valence-electron chi connectivity index (χ0n) is 14.2. The van der Waals surface area contributed by atoms with Crippen LogP contribution in [-0.4, -0.2) is 39.6 Å². The monoisotopic (exact) mass is 343 g/mol. The molecule has 8 heteroatoms. The van der Waals surface area contributed by atoms with Crippen molar-refractivity contribution in [3.63, 3.8) is 0 Å². The van der Waals surface area contributed by atoms with E-state index in [2.05, 4.69) is 15.5 Å². The molecule has 1 atom stereocenters. The topological polar surface area (TPSA) is 114 Å². The number of amides is 3. The number of benzene rings is 1. The highest BCUT2D eigenvalue weighted by Crippen LogP contribution is 2.23. The standard InChI is InChI=1S/C17H21N5O3/c1-10(2)15-20-16(25-21-15)11-5-7-12(8-6-11)19-17(24)22-9-3-4-13(22)14(18)23/h5-8,10,13H,3-4,9H2,1-2H3,(H2,18,23)(H,19,24). The predicted molar refractivity (Wildman–Crippen MR) is 91.8 cm³/mol. The Labute approximate surface area is 145 Å². The number of primary amides is 1. The summed E-state index contributed by atoms with van der Waals surface area (Å²) in [6, 6.07) is 6.23. The molecule has 1 aliphatic rings. The Morgan fingerprint density at radius 3 is 2.64 bits per heavy atom. The molecule has 2 aromatic rings. The van der Waals surface area contributed by atoms with Crippen molar-refractivity contribution in [2.24, 2.45) is 5.73 Å². The van der Waals surface area contributed by atoms with E-state index in [1.165, 1.54) is 4.90 Å². The van der Waals surface area contributed by atoms with Crippen molar-refractivity contribution in [3.05, 3.63) is 30.1 Å². The van der Waals surface area contributed by atoms with Crippen molar-refractivity contribution in [2.45, 2.75) is 38.6 Å². The third-order valence-corrected chi connectivity index (χ3v) is 4.18. The quantitative estimate of drug-likeness (QED) is 0.884. The van der Waals surface area contributed by atoms with Gasteiger partial charge in [-0.25, -0.2) is 4.79 Å². The van der Waals surface area contributed by atoms with Gasteiger partial charge in [-0.3, -0.25) is 4.79 Å². The largest absolute Gasteiger partial charge is 0.368 e. The molecular weight excluding hydrogens is 322 g/mol. The maximum absolute atomic E-state index is 12.3. The van der Waals surface area contributed by atoms with E-state index in [1.807, 2.05) is 13.8 Å². The van der Waals surface area contributed by atoms with E-state index in [-0.39, 0.29) is 11.9 Å². The second kappa shape index (κ2) is 6.92. The van der Waals surface area contributed by atoms with Gasteiger partial charge < -0.3 is 20.5 Å². The molecule has 3 amide bonds. The summed E-state index contributed by atoms with van der Waals surface area (Å²) >= 11 is 0. The first-order chi connectivity index (χ1) is 12.0. The Bertz CT molecular complexity index is 769. The van der Waals surface area contributed by atoms with E-state index in [0.29, 0.717) is 30.4 Å².